The van der Waals surface area contributed by atoms with Crippen molar-refractivity contribution in [2.24, 2.45) is 5.92 Å². The minimum Gasteiger partial charge on any atom is -0.434 e. The first-order valence-corrected chi connectivity index (χ1v) is 6.40. The molecule has 0 aliphatic rings. The van der Waals surface area contributed by atoms with E-state index in [2.05, 4.69) is 23.9 Å². The summed E-state index contributed by atoms with van der Waals surface area (Å²) in [5.74, 6) is 0.628. The van der Waals surface area contributed by atoms with Gasteiger partial charge in [0.2, 0.25) is 0 Å². The Morgan fingerprint density at radius 3 is 2.53 bits per heavy atom. The van der Waals surface area contributed by atoms with Crippen LogP contribution in [0.1, 0.15) is 25.8 Å². The molecule has 0 heterocycles. The van der Waals surface area contributed by atoms with E-state index in [9.17, 15) is 13.9 Å². The van der Waals surface area contributed by atoms with Gasteiger partial charge in [-0.05, 0) is 18.4 Å². The molecule has 0 aliphatic carbocycles. The van der Waals surface area contributed by atoms with Crippen LogP contribution < -0.4 is 10.1 Å². The van der Waals surface area contributed by atoms with Crippen LogP contribution >= 0.6 is 0 Å². The molecule has 2 N–H and O–H groups in total. The topological polar surface area (TPSA) is 41.5 Å². The van der Waals surface area contributed by atoms with Crippen molar-refractivity contribution in [2.45, 2.75) is 39.5 Å². The third-order valence-corrected chi connectivity index (χ3v) is 2.75. The molecule has 3 nitrogen and oxygen atoms in total. The standard InChI is InChI=1S/C14H21F2NO2/c1-10(2)7-12(9-18)17-8-11-5-3-4-6-13(11)19-14(15)16/h3-6,10,12,14,17-18H,7-9H2,1-2H3. The Hall–Kier alpha value is -1.20. The van der Waals surface area contributed by atoms with Crippen LogP contribution in [0.3, 0.4) is 0 Å². The second-order valence-electron chi connectivity index (χ2n) is 4.88. The average molecular weight is 273 g/mol. The van der Waals surface area contributed by atoms with Crippen LogP contribution in [0, 0.1) is 5.92 Å². The predicted octanol–water partition coefficient (Wildman–Crippen LogP) is 2.78. The number of hydrogen-bond acceptors (Lipinski definition) is 3. The molecule has 1 rings (SSSR count). The zero-order valence-electron chi connectivity index (χ0n) is 11.3. The third-order valence-electron chi connectivity index (χ3n) is 2.75. The maximum absolute atomic E-state index is 12.3. The number of hydrogen-bond donors (Lipinski definition) is 2. The second kappa shape index (κ2) is 8.07. The fraction of sp³-hybridized carbons (Fsp3) is 0.571. The highest BCUT2D eigenvalue weighted by Crippen LogP contribution is 2.20. The molecule has 0 saturated heterocycles. The van der Waals surface area contributed by atoms with Gasteiger partial charge in [-0.15, -0.1) is 0 Å². The molecule has 0 bridgehead atoms. The van der Waals surface area contributed by atoms with Gasteiger partial charge in [0.25, 0.3) is 0 Å². The number of aliphatic hydroxyl groups is 1. The van der Waals surface area contributed by atoms with Gasteiger partial charge >= 0.3 is 6.61 Å². The highest BCUT2D eigenvalue weighted by atomic mass is 19.3. The van der Waals surface area contributed by atoms with Crippen LogP contribution in [0.5, 0.6) is 5.75 Å². The molecular weight excluding hydrogens is 252 g/mol. The van der Waals surface area contributed by atoms with Gasteiger partial charge in [-0.3, -0.25) is 0 Å². The van der Waals surface area contributed by atoms with Gasteiger partial charge in [0.05, 0.1) is 6.61 Å². The third kappa shape index (κ3) is 5.98. The second-order valence-corrected chi connectivity index (χ2v) is 4.88. The van der Waals surface area contributed by atoms with Crippen molar-refractivity contribution in [2.75, 3.05) is 6.61 Å². The van der Waals surface area contributed by atoms with E-state index in [1.807, 2.05) is 0 Å². The molecular formula is C14H21F2NO2. The summed E-state index contributed by atoms with van der Waals surface area (Å²) in [6, 6.07) is 6.62. The molecule has 5 heteroatoms. The van der Waals surface area contributed by atoms with E-state index < -0.39 is 6.61 Å². The van der Waals surface area contributed by atoms with E-state index in [0.29, 0.717) is 18.0 Å². The van der Waals surface area contributed by atoms with E-state index in [0.717, 1.165) is 6.42 Å². The summed E-state index contributed by atoms with van der Waals surface area (Å²) < 4.78 is 29.0. The van der Waals surface area contributed by atoms with Gasteiger partial charge in [-0.25, -0.2) is 0 Å². The fourth-order valence-corrected chi connectivity index (χ4v) is 1.91. The van der Waals surface area contributed by atoms with E-state index >= 15 is 0 Å². The molecule has 108 valence electrons. The van der Waals surface area contributed by atoms with Gasteiger partial charge in [0.1, 0.15) is 5.75 Å². The Balaban J connectivity index is 2.60. The minimum absolute atomic E-state index is 0.0239. The number of aliphatic hydroxyl groups excluding tert-OH is 1. The summed E-state index contributed by atoms with van der Waals surface area (Å²) >= 11 is 0. The normalized spacial score (nSPS) is 13.0. The summed E-state index contributed by atoms with van der Waals surface area (Å²) in [4.78, 5) is 0. The number of alkyl halides is 2. The highest BCUT2D eigenvalue weighted by molar-refractivity contribution is 5.33. The first-order chi connectivity index (χ1) is 9.02. The molecule has 0 aliphatic heterocycles. The molecule has 0 saturated carbocycles. The number of nitrogens with one attached hydrogen (secondary N) is 1. The maximum Gasteiger partial charge on any atom is 0.387 e. The van der Waals surface area contributed by atoms with Crippen molar-refractivity contribution in [1.29, 1.82) is 0 Å². The van der Waals surface area contributed by atoms with Gasteiger partial charge in [0, 0.05) is 18.2 Å². The number of rotatable bonds is 8. The molecule has 0 amide bonds. The van der Waals surface area contributed by atoms with E-state index in [-0.39, 0.29) is 18.4 Å². The number of benzene rings is 1. The van der Waals surface area contributed by atoms with Gasteiger partial charge in [0.15, 0.2) is 0 Å². The highest BCUT2D eigenvalue weighted by Gasteiger charge is 2.12. The SMILES string of the molecule is CC(C)CC(CO)NCc1ccccc1OC(F)F. The summed E-state index contributed by atoms with van der Waals surface area (Å²) in [6.45, 7) is 1.72. The molecule has 1 atom stereocenters. The zero-order valence-corrected chi connectivity index (χ0v) is 11.3. The lowest BCUT2D eigenvalue weighted by Gasteiger charge is -2.19. The minimum atomic E-state index is -2.83. The van der Waals surface area contributed by atoms with Crippen LogP contribution in [0.4, 0.5) is 8.78 Å². The Kier molecular flexibility index (Phi) is 6.73. The fourth-order valence-electron chi connectivity index (χ4n) is 1.91. The molecule has 0 radical (unpaired) electrons. The number of halogens is 2. The number of ether oxygens (including phenoxy) is 1. The first-order valence-electron chi connectivity index (χ1n) is 6.40. The molecule has 0 aromatic heterocycles. The van der Waals surface area contributed by atoms with Crippen LogP contribution in [0.2, 0.25) is 0 Å². The van der Waals surface area contributed by atoms with Gasteiger partial charge < -0.3 is 15.2 Å². The largest absolute Gasteiger partial charge is 0.434 e. The lowest BCUT2D eigenvalue weighted by atomic mass is 10.0. The maximum atomic E-state index is 12.3. The van der Waals surface area contributed by atoms with Crippen LogP contribution in [-0.2, 0) is 6.54 Å². The molecule has 1 unspecified atom stereocenters. The van der Waals surface area contributed by atoms with Crippen molar-refractivity contribution in [1.82, 2.24) is 5.32 Å². The quantitative estimate of drug-likeness (QED) is 0.765. The monoisotopic (exact) mass is 273 g/mol. The summed E-state index contributed by atoms with van der Waals surface area (Å²) in [5, 5.41) is 12.4. The number of para-hydroxylation sites is 1. The van der Waals surface area contributed by atoms with Crippen molar-refractivity contribution in [3.05, 3.63) is 29.8 Å². The lowest BCUT2D eigenvalue weighted by molar-refractivity contribution is -0.0505. The van der Waals surface area contributed by atoms with E-state index in [1.54, 1.807) is 18.2 Å². The van der Waals surface area contributed by atoms with Gasteiger partial charge in [-0.1, -0.05) is 32.0 Å². The molecule has 0 fully saturated rings. The molecule has 19 heavy (non-hydrogen) atoms. The van der Waals surface area contributed by atoms with Crippen molar-refractivity contribution < 1.29 is 18.6 Å². The lowest BCUT2D eigenvalue weighted by Crippen LogP contribution is -2.33. The van der Waals surface area contributed by atoms with Crippen molar-refractivity contribution in [3.8, 4) is 5.75 Å². The predicted molar refractivity (Wildman–Crippen MR) is 70.2 cm³/mol. The Bertz CT molecular complexity index is 372. The smallest absolute Gasteiger partial charge is 0.387 e. The van der Waals surface area contributed by atoms with Gasteiger partial charge in [-0.2, -0.15) is 8.78 Å². The van der Waals surface area contributed by atoms with Crippen molar-refractivity contribution >= 4 is 0 Å². The first kappa shape index (κ1) is 15.9. The molecule has 1 aromatic carbocycles. The Morgan fingerprint density at radius 1 is 1.26 bits per heavy atom. The van der Waals surface area contributed by atoms with Crippen LogP contribution in [0.25, 0.3) is 0 Å². The molecule has 0 spiro atoms. The summed E-state index contributed by atoms with van der Waals surface area (Å²) in [7, 11) is 0. The Labute approximate surface area is 112 Å². The van der Waals surface area contributed by atoms with E-state index in [1.165, 1.54) is 6.07 Å². The van der Waals surface area contributed by atoms with Crippen LogP contribution in [0.15, 0.2) is 24.3 Å². The van der Waals surface area contributed by atoms with Crippen molar-refractivity contribution in [3.63, 3.8) is 0 Å². The molecule has 1 aromatic rings. The zero-order chi connectivity index (χ0) is 14.3. The summed E-state index contributed by atoms with van der Waals surface area (Å²) in [6.07, 6.45) is 0.828. The van der Waals surface area contributed by atoms with Crippen LogP contribution in [-0.4, -0.2) is 24.4 Å². The van der Waals surface area contributed by atoms with E-state index in [4.69, 9.17) is 0 Å². The Morgan fingerprint density at radius 2 is 1.95 bits per heavy atom. The average Bonchev–Trinajstić information content (AvgIpc) is 2.35. The summed E-state index contributed by atoms with van der Waals surface area (Å²) in [5.41, 5.74) is 0.657.